The van der Waals surface area contributed by atoms with Gasteiger partial charge < -0.3 is 10.1 Å². The minimum Gasteiger partial charge on any atom is -0.492 e. The third kappa shape index (κ3) is 6.15. The second-order valence-electron chi connectivity index (χ2n) is 5.93. The van der Waals surface area contributed by atoms with Gasteiger partial charge in [0, 0.05) is 5.69 Å². The van der Waals surface area contributed by atoms with Crippen molar-refractivity contribution in [1.82, 2.24) is 4.72 Å². The van der Waals surface area contributed by atoms with E-state index >= 15 is 0 Å². The fraction of sp³-hybridized carbons (Fsp3) is 0.235. The molecule has 0 heterocycles. The molecule has 0 aliphatic rings. The number of hydrogen-bond donors (Lipinski definition) is 3. The zero-order valence-corrected chi connectivity index (χ0v) is 17.9. The van der Waals surface area contributed by atoms with Gasteiger partial charge in [-0.2, -0.15) is 4.72 Å². The van der Waals surface area contributed by atoms with E-state index in [0.29, 0.717) is 12.4 Å². The monoisotopic (exact) mass is 461 g/mol. The van der Waals surface area contributed by atoms with Gasteiger partial charge in [-0.15, -0.1) is 0 Å². The summed E-state index contributed by atoms with van der Waals surface area (Å²) in [5, 5.41) is 7.62. The number of amides is 1. The summed E-state index contributed by atoms with van der Waals surface area (Å²) in [6.45, 7) is 3.51. The molecular weight excluding hydrogens is 442 g/mol. The summed E-state index contributed by atoms with van der Waals surface area (Å²) in [5.41, 5.74) is 0.276. The second-order valence-corrected chi connectivity index (χ2v) is 9.61. The van der Waals surface area contributed by atoms with Crippen molar-refractivity contribution in [2.24, 2.45) is 5.14 Å². The van der Waals surface area contributed by atoms with Crippen LogP contribution >= 0.6 is 11.6 Å². The predicted octanol–water partition coefficient (Wildman–Crippen LogP) is 1.69. The van der Waals surface area contributed by atoms with Gasteiger partial charge >= 0.3 is 0 Å². The summed E-state index contributed by atoms with van der Waals surface area (Å²) < 4.78 is 55.0. The van der Waals surface area contributed by atoms with Gasteiger partial charge in [0.1, 0.15) is 5.75 Å². The molecule has 0 saturated carbocycles. The number of halogens is 1. The Kier molecular flexibility index (Phi) is 7.25. The first-order chi connectivity index (χ1) is 13.4. The lowest BCUT2D eigenvalue weighted by Gasteiger charge is -2.15. The Hall–Kier alpha value is -2.18. The van der Waals surface area contributed by atoms with Crippen LogP contribution in [-0.2, 0) is 24.8 Å². The number of primary sulfonamides is 1. The number of sulfonamides is 2. The van der Waals surface area contributed by atoms with E-state index < -0.39 is 32.0 Å². The Balaban J connectivity index is 2.09. The molecule has 0 spiro atoms. The highest BCUT2D eigenvalue weighted by Gasteiger charge is 2.23. The van der Waals surface area contributed by atoms with Crippen molar-refractivity contribution in [2.75, 3.05) is 11.9 Å². The lowest BCUT2D eigenvalue weighted by Crippen LogP contribution is -2.41. The van der Waals surface area contributed by atoms with Gasteiger partial charge in [0.25, 0.3) is 0 Å². The number of carbonyl (C=O) groups excluding carboxylic acids is 1. The molecule has 1 atom stereocenters. The molecule has 0 fully saturated rings. The maximum Gasteiger partial charge on any atom is 0.242 e. The number of nitrogens with two attached hydrogens (primary N) is 1. The Morgan fingerprint density at radius 1 is 1.10 bits per heavy atom. The van der Waals surface area contributed by atoms with Gasteiger partial charge in [-0.25, -0.2) is 22.0 Å². The van der Waals surface area contributed by atoms with Crippen LogP contribution in [0.5, 0.6) is 5.75 Å². The van der Waals surface area contributed by atoms with E-state index in [1.165, 1.54) is 49.4 Å². The molecular formula is C17H20ClN3O6S2. The molecule has 0 aliphatic heterocycles. The quantitative estimate of drug-likeness (QED) is 0.545. The average molecular weight is 462 g/mol. The van der Waals surface area contributed by atoms with Gasteiger partial charge in [-0.1, -0.05) is 11.6 Å². The maximum absolute atomic E-state index is 12.5. The van der Waals surface area contributed by atoms with Crippen LogP contribution in [0, 0.1) is 0 Å². The molecule has 1 amide bonds. The Labute approximate surface area is 174 Å². The number of nitrogens with one attached hydrogen (secondary N) is 2. The van der Waals surface area contributed by atoms with Crippen molar-refractivity contribution >= 4 is 43.2 Å². The summed E-state index contributed by atoms with van der Waals surface area (Å²) in [4.78, 5) is 12.0. The SMILES string of the molecule is CCOc1ccc(S(=O)(=O)N[C@@H](C)C(=O)Nc2ccc(S(N)(=O)=O)cc2)cc1Cl. The highest BCUT2D eigenvalue weighted by molar-refractivity contribution is 7.89. The molecule has 2 rings (SSSR count). The first kappa shape index (κ1) is 23.1. The van der Waals surface area contributed by atoms with Crippen LogP contribution in [-0.4, -0.2) is 35.4 Å². The summed E-state index contributed by atoms with van der Waals surface area (Å²) in [6, 6.07) is 7.97. The number of anilines is 1. The smallest absolute Gasteiger partial charge is 0.242 e. The minimum atomic E-state index is -4.02. The maximum atomic E-state index is 12.5. The van der Waals surface area contributed by atoms with Crippen LogP contribution in [0.15, 0.2) is 52.3 Å². The van der Waals surface area contributed by atoms with Gasteiger partial charge in [0.15, 0.2) is 0 Å². The molecule has 0 aliphatic carbocycles. The minimum absolute atomic E-state index is 0.114. The van der Waals surface area contributed by atoms with Crippen LogP contribution in [0.25, 0.3) is 0 Å². The number of ether oxygens (including phenoxy) is 1. The molecule has 4 N–H and O–H groups in total. The van der Waals surface area contributed by atoms with E-state index in [2.05, 4.69) is 10.0 Å². The molecule has 12 heteroatoms. The summed E-state index contributed by atoms with van der Waals surface area (Å²) >= 11 is 6.02. The van der Waals surface area contributed by atoms with E-state index in [1.54, 1.807) is 6.92 Å². The number of benzene rings is 2. The van der Waals surface area contributed by atoms with Gasteiger partial charge in [0.2, 0.25) is 26.0 Å². The zero-order chi connectivity index (χ0) is 21.8. The van der Waals surface area contributed by atoms with Crippen LogP contribution in [0.4, 0.5) is 5.69 Å². The van der Waals surface area contributed by atoms with Crippen molar-refractivity contribution in [3.05, 3.63) is 47.5 Å². The van der Waals surface area contributed by atoms with E-state index in [1.807, 2.05) is 0 Å². The molecule has 158 valence electrons. The first-order valence-electron chi connectivity index (χ1n) is 8.32. The van der Waals surface area contributed by atoms with E-state index in [-0.39, 0.29) is 20.5 Å². The third-order valence-corrected chi connectivity index (χ3v) is 6.45. The Morgan fingerprint density at radius 3 is 2.21 bits per heavy atom. The second kappa shape index (κ2) is 9.09. The lowest BCUT2D eigenvalue weighted by atomic mass is 10.3. The molecule has 0 aromatic heterocycles. The third-order valence-electron chi connectivity index (χ3n) is 3.69. The van der Waals surface area contributed by atoms with Crippen LogP contribution in [0.1, 0.15) is 13.8 Å². The first-order valence-corrected chi connectivity index (χ1v) is 11.7. The fourth-order valence-electron chi connectivity index (χ4n) is 2.25. The standard InChI is InChI=1S/C17H20ClN3O6S2/c1-3-27-16-9-8-14(10-15(16)18)29(25,26)21-11(2)17(22)20-12-4-6-13(7-5-12)28(19,23)24/h4-11,21H,3H2,1-2H3,(H,20,22)(H2,19,23,24)/t11-/m0/s1. The number of rotatable bonds is 8. The molecule has 0 unspecified atom stereocenters. The Morgan fingerprint density at radius 2 is 1.69 bits per heavy atom. The van der Waals surface area contributed by atoms with Crippen molar-refractivity contribution in [1.29, 1.82) is 0 Å². The van der Waals surface area contributed by atoms with Crippen molar-refractivity contribution in [3.63, 3.8) is 0 Å². The van der Waals surface area contributed by atoms with Crippen LogP contribution in [0.3, 0.4) is 0 Å². The van der Waals surface area contributed by atoms with Crippen LogP contribution in [0.2, 0.25) is 5.02 Å². The van der Waals surface area contributed by atoms with Gasteiger partial charge in [-0.05, 0) is 56.3 Å². The molecule has 0 radical (unpaired) electrons. The highest BCUT2D eigenvalue weighted by atomic mass is 35.5. The molecule has 2 aromatic carbocycles. The molecule has 9 nitrogen and oxygen atoms in total. The topological polar surface area (TPSA) is 145 Å². The van der Waals surface area contributed by atoms with Crippen LogP contribution < -0.4 is 19.9 Å². The molecule has 2 aromatic rings. The Bertz CT molecular complexity index is 1100. The van der Waals surface area contributed by atoms with E-state index in [9.17, 15) is 21.6 Å². The van der Waals surface area contributed by atoms with Crippen molar-refractivity contribution in [3.8, 4) is 5.75 Å². The normalized spacial score (nSPS) is 13.0. The van der Waals surface area contributed by atoms with Gasteiger partial charge in [0.05, 0.1) is 27.5 Å². The lowest BCUT2D eigenvalue weighted by molar-refractivity contribution is -0.117. The predicted molar refractivity (Wildman–Crippen MR) is 109 cm³/mol. The molecule has 0 bridgehead atoms. The summed E-state index contributed by atoms with van der Waals surface area (Å²) in [6.07, 6.45) is 0. The fourth-order valence-corrected chi connectivity index (χ4v) is 4.30. The van der Waals surface area contributed by atoms with Gasteiger partial charge in [-0.3, -0.25) is 4.79 Å². The number of carbonyl (C=O) groups is 1. The zero-order valence-electron chi connectivity index (χ0n) is 15.5. The average Bonchev–Trinajstić information content (AvgIpc) is 2.62. The van der Waals surface area contributed by atoms with Crippen molar-refractivity contribution in [2.45, 2.75) is 29.7 Å². The summed E-state index contributed by atoms with van der Waals surface area (Å²) in [5.74, 6) is -0.296. The highest BCUT2D eigenvalue weighted by Crippen LogP contribution is 2.27. The van der Waals surface area contributed by atoms with E-state index in [4.69, 9.17) is 21.5 Å². The van der Waals surface area contributed by atoms with Crippen molar-refractivity contribution < 1.29 is 26.4 Å². The number of hydrogen-bond acceptors (Lipinski definition) is 6. The largest absolute Gasteiger partial charge is 0.492 e. The molecule has 0 saturated heterocycles. The summed E-state index contributed by atoms with van der Waals surface area (Å²) in [7, 11) is -7.88. The van der Waals surface area contributed by atoms with E-state index in [0.717, 1.165) is 0 Å². The molecule has 29 heavy (non-hydrogen) atoms.